The van der Waals surface area contributed by atoms with Crippen LogP contribution in [0.5, 0.6) is 11.5 Å². The average Bonchev–Trinajstić information content (AvgIpc) is 2.79. The predicted molar refractivity (Wildman–Crippen MR) is 125 cm³/mol. The van der Waals surface area contributed by atoms with Crippen LogP contribution in [0.3, 0.4) is 0 Å². The van der Waals surface area contributed by atoms with E-state index in [1.807, 2.05) is 0 Å². The SMILES string of the molecule is O=C(CNc1ccccc1NC(=O)c1ccc(Cl)cc1)Nc1cc2c(cc1Cl)OCCO2. The van der Waals surface area contributed by atoms with Crippen LogP contribution in [-0.4, -0.2) is 31.6 Å². The monoisotopic (exact) mass is 471 g/mol. The van der Waals surface area contributed by atoms with Gasteiger partial charge in [-0.1, -0.05) is 35.3 Å². The van der Waals surface area contributed by atoms with Crippen LogP contribution in [0.1, 0.15) is 10.4 Å². The third-order valence-electron chi connectivity index (χ3n) is 4.63. The first-order valence-electron chi connectivity index (χ1n) is 9.78. The van der Waals surface area contributed by atoms with Gasteiger partial charge in [0.05, 0.1) is 28.6 Å². The van der Waals surface area contributed by atoms with Gasteiger partial charge in [0.1, 0.15) is 13.2 Å². The third-order valence-corrected chi connectivity index (χ3v) is 5.19. The lowest BCUT2D eigenvalue weighted by Gasteiger charge is -2.20. The number of halogens is 2. The fourth-order valence-electron chi connectivity index (χ4n) is 3.07. The van der Waals surface area contributed by atoms with Crippen LogP contribution >= 0.6 is 23.2 Å². The lowest BCUT2D eigenvalue weighted by Crippen LogP contribution is -2.23. The number of carbonyl (C=O) groups is 2. The molecule has 1 aliphatic heterocycles. The van der Waals surface area contributed by atoms with Crippen molar-refractivity contribution < 1.29 is 19.1 Å². The van der Waals surface area contributed by atoms with Gasteiger partial charge in [0.25, 0.3) is 5.91 Å². The van der Waals surface area contributed by atoms with Crippen LogP contribution in [0.25, 0.3) is 0 Å². The number of anilines is 3. The Labute approximate surface area is 194 Å². The van der Waals surface area contributed by atoms with Gasteiger partial charge in [-0.3, -0.25) is 9.59 Å². The quantitative estimate of drug-likeness (QED) is 0.467. The first-order valence-corrected chi connectivity index (χ1v) is 10.5. The van der Waals surface area contributed by atoms with Crippen molar-refractivity contribution in [1.82, 2.24) is 0 Å². The Morgan fingerprint density at radius 1 is 0.812 bits per heavy atom. The van der Waals surface area contributed by atoms with Gasteiger partial charge in [-0.05, 0) is 36.4 Å². The van der Waals surface area contributed by atoms with E-state index in [0.717, 1.165) is 0 Å². The zero-order chi connectivity index (χ0) is 22.5. The van der Waals surface area contributed by atoms with Crippen molar-refractivity contribution in [2.75, 3.05) is 35.7 Å². The second kappa shape index (κ2) is 9.80. The molecule has 0 radical (unpaired) electrons. The van der Waals surface area contributed by atoms with Crippen molar-refractivity contribution in [3.05, 3.63) is 76.3 Å². The summed E-state index contributed by atoms with van der Waals surface area (Å²) >= 11 is 12.1. The van der Waals surface area contributed by atoms with Crippen molar-refractivity contribution in [3.8, 4) is 11.5 Å². The smallest absolute Gasteiger partial charge is 0.255 e. The minimum Gasteiger partial charge on any atom is -0.486 e. The molecule has 0 saturated carbocycles. The Hall–Kier alpha value is -3.42. The summed E-state index contributed by atoms with van der Waals surface area (Å²) in [6, 6.07) is 16.9. The van der Waals surface area contributed by atoms with Gasteiger partial charge in [-0.25, -0.2) is 0 Å². The summed E-state index contributed by atoms with van der Waals surface area (Å²) in [5, 5.41) is 9.52. The minimum atomic E-state index is -0.317. The van der Waals surface area contributed by atoms with Gasteiger partial charge in [-0.15, -0.1) is 0 Å². The molecule has 32 heavy (non-hydrogen) atoms. The van der Waals surface area contributed by atoms with Crippen molar-refractivity contribution in [1.29, 1.82) is 0 Å². The number of ether oxygens (including phenoxy) is 2. The highest BCUT2D eigenvalue weighted by molar-refractivity contribution is 6.34. The van der Waals surface area contributed by atoms with Gasteiger partial charge in [0.15, 0.2) is 11.5 Å². The summed E-state index contributed by atoms with van der Waals surface area (Å²) in [6.07, 6.45) is 0. The van der Waals surface area contributed by atoms with Crippen LogP contribution in [0, 0.1) is 0 Å². The van der Waals surface area contributed by atoms with E-state index in [-0.39, 0.29) is 18.4 Å². The van der Waals surface area contributed by atoms with Crippen LogP contribution in [0.4, 0.5) is 17.1 Å². The maximum Gasteiger partial charge on any atom is 0.255 e. The number of fused-ring (bicyclic) bond motifs is 1. The van der Waals surface area contributed by atoms with E-state index in [1.165, 1.54) is 0 Å². The first-order chi connectivity index (χ1) is 15.5. The van der Waals surface area contributed by atoms with E-state index in [9.17, 15) is 9.59 Å². The van der Waals surface area contributed by atoms with E-state index < -0.39 is 0 Å². The maximum atomic E-state index is 12.5. The number of carbonyl (C=O) groups excluding carboxylic acids is 2. The van der Waals surface area contributed by atoms with E-state index in [2.05, 4.69) is 16.0 Å². The van der Waals surface area contributed by atoms with Crippen LogP contribution in [0.15, 0.2) is 60.7 Å². The van der Waals surface area contributed by atoms with Crippen LogP contribution < -0.4 is 25.4 Å². The molecule has 3 aromatic carbocycles. The molecule has 3 aromatic rings. The molecular weight excluding hydrogens is 453 g/mol. The Balaban J connectivity index is 1.39. The summed E-state index contributed by atoms with van der Waals surface area (Å²) in [6.45, 7) is 0.841. The Morgan fingerprint density at radius 2 is 1.47 bits per heavy atom. The summed E-state index contributed by atoms with van der Waals surface area (Å²) < 4.78 is 11.0. The molecule has 4 rings (SSSR count). The van der Waals surface area contributed by atoms with E-state index >= 15 is 0 Å². The highest BCUT2D eigenvalue weighted by Crippen LogP contribution is 2.38. The minimum absolute atomic E-state index is 0.0431. The highest BCUT2D eigenvalue weighted by Gasteiger charge is 2.17. The molecule has 0 spiro atoms. The van der Waals surface area contributed by atoms with Gasteiger partial charge < -0.3 is 25.4 Å². The number of para-hydroxylation sites is 2. The summed E-state index contributed by atoms with van der Waals surface area (Å²) in [5.74, 6) is 0.465. The normalized spacial score (nSPS) is 12.1. The van der Waals surface area contributed by atoms with Crippen molar-refractivity contribution in [3.63, 3.8) is 0 Å². The van der Waals surface area contributed by atoms with E-state index in [4.69, 9.17) is 32.7 Å². The molecule has 0 fully saturated rings. The predicted octanol–water partition coefficient (Wildman–Crippen LogP) is 5.07. The third kappa shape index (κ3) is 5.25. The zero-order valence-electron chi connectivity index (χ0n) is 16.8. The molecule has 1 aliphatic rings. The van der Waals surface area contributed by atoms with Crippen molar-refractivity contribution in [2.24, 2.45) is 0 Å². The maximum absolute atomic E-state index is 12.5. The number of benzene rings is 3. The highest BCUT2D eigenvalue weighted by atomic mass is 35.5. The molecule has 7 nitrogen and oxygen atoms in total. The molecule has 0 atom stereocenters. The second-order valence-electron chi connectivity index (χ2n) is 6.88. The fourth-order valence-corrected chi connectivity index (χ4v) is 3.40. The van der Waals surface area contributed by atoms with Gasteiger partial charge in [0, 0.05) is 22.7 Å². The molecule has 0 aliphatic carbocycles. The molecule has 0 saturated heterocycles. The number of rotatable bonds is 6. The summed E-state index contributed by atoms with van der Waals surface area (Å²) in [7, 11) is 0. The van der Waals surface area contributed by atoms with Crippen LogP contribution in [-0.2, 0) is 4.79 Å². The Bertz CT molecular complexity index is 1150. The van der Waals surface area contributed by atoms with Gasteiger partial charge in [-0.2, -0.15) is 0 Å². The average molecular weight is 472 g/mol. The Morgan fingerprint density at radius 3 is 2.19 bits per heavy atom. The van der Waals surface area contributed by atoms with Gasteiger partial charge >= 0.3 is 0 Å². The number of nitrogens with one attached hydrogen (secondary N) is 3. The molecule has 3 N–H and O–H groups in total. The standard InChI is InChI=1S/C23H19Cl2N3O4/c24-15-7-5-14(6-8-15)23(30)28-18-4-2-1-3-17(18)26-13-22(29)27-19-12-21-20(11-16(19)25)31-9-10-32-21/h1-8,11-12,26H,9-10,13H2,(H,27,29)(H,28,30). The number of hydrogen-bond donors (Lipinski definition) is 3. The summed E-state index contributed by atoms with van der Waals surface area (Å²) in [4.78, 5) is 25.0. The lowest BCUT2D eigenvalue weighted by molar-refractivity contribution is -0.114. The summed E-state index contributed by atoms with van der Waals surface area (Å²) in [5.41, 5.74) is 2.03. The molecule has 0 unspecified atom stereocenters. The van der Waals surface area contributed by atoms with Gasteiger partial charge in [0.2, 0.25) is 5.91 Å². The second-order valence-corrected chi connectivity index (χ2v) is 7.73. The molecule has 2 amide bonds. The Kier molecular flexibility index (Phi) is 6.68. The molecular formula is C23H19Cl2N3O4. The van der Waals surface area contributed by atoms with Crippen molar-refractivity contribution in [2.45, 2.75) is 0 Å². The number of amides is 2. The lowest BCUT2D eigenvalue weighted by atomic mass is 10.2. The van der Waals surface area contributed by atoms with E-state index in [0.29, 0.717) is 57.4 Å². The molecule has 0 bridgehead atoms. The van der Waals surface area contributed by atoms with Crippen molar-refractivity contribution >= 4 is 52.1 Å². The zero-order valence-corrected chi connectivity index (χ0v) is 18.3. The molecule has 9 heteroatoms. The fraction of sp³-hybridized carbons (Fsp3) is 0.130. The molecule has 0 aromatic heterocycles. The topological polar surface area (TPSA) is 88.7 Å². The number of hydrogen-bond acceptors (Lipinski definition) is 5. The molecule has 1 heterocycles. The largest absolute Gasteiger partial charge is 0.486 e. The molecule has 164 valence electrons. The first kappa shape index (κ1) is 21.8. The van der Waals surface area contributed by atoms with E-state index in [1.54, 1.807) is 60.7 Å². The van der Waals surface area contributed by atoms with Crippen LogP contribution in [0.2, 0.25) is 10.0 Å².